The molecule has 2 aromatic carbocycles. The highest BCUT2D eigenvalue weighted by Crippen LogP contribution is 2.14. The van der Waals surface area contributed by atoms with Gasteiger partial charge < -0.3 is 10.1 Å². The maximum absolute atomic E-state index is 12.3. The van der Waals surface area contributed by atoms with Crippen molar-refractivity contribution in [1.82, 2.24) is 15.1 Å². The number of nitrogens with zero attached hydrogens (tertiary/aromatic N) is 2. The largest absolute Gasteiger partial charge is 0.491 e. The molecule has 5 nitrogen and oxygen atoms in total. The first-order valence-corrected chi connectivity index (χ1v) is 8.26. The molecule has 0 spiro atoms. The maximum atomic E-state index is 12.3. The van der Waals surface area contributed by atoms with E-state index in [-0.39, 0.29) is 12.0 Å². The molecule has 3 aromatic rings. The Morgan fingerprint density at radius 1 is 1.12 bits per heavy atom. The Hall–Kier alpha value is -3.08. The summed E-state index contributed by atoms with van der Waals surface area (Å²) in [5.74, 6) is 0.730. The molecule has 0 aliphatic rings. The third-order valence-corrected chi connectivity index (χ3v) is 3.65. The highest BCUT2D eigenvalue weighted by molar-refractivity contribution is 5.94. The van der Waals surface area contributed by atoms with Gasteiger partial charge in [0.2, 0.25) is 0 Å². The van der Waals surface area contributed by atoms with Crippen molar-refractivity contribution in [3.63, 3.8) is 0 Å². The van der Waals surface area contributed by atoms with Crippen LogP contribution in [-0.4, -0.2) is 21.8 Å². The van der Waals surface area contributed by atoms with Crippen LogP contribution in [0.1, 0.15) is 29.8 Å². The first-order chi connectivity index (χ1) is 12.1. The summed E-state index contributed by atoms with van der Waals surface area (Å²) in [4.78, 5) is 12.3. The lowest BCUT2D eigenvalue weighted by Crippen LogP contribution is -2.22. The fourth-order valence-electron chi connectivity index (χ4n) is 2.43. The van der Waals surface area contributed by atoms with Crippen molar-refractivity contribution in [2.24, 2.45) is 0 Å². The van der Waals surface area contributed by atoms with Crippen LogP contribution in [-0.2, 0) is 6.54 Å². The van der Waals surface area contributed by atoms with Crippen molar-refractivity contribution in [2.75, 3.05) is 0 Å². The number of aromatic nitrogens is 2. The molecule has 5 heteroatoms. The summed E-state index contributed by atoms with van der Waals surface area (Å²) in [7, 11) is 0. The molecule has 0 aliphatic heterocycles. The zero-order valence-electron chi connectivity index (χ0n) is 14.3. The van der Waals surface area contributed by atoms with Crippen molar-refractivity contribution < 1.29 is 9.53 Å². The second kappa shape index (κ2) is 7.66. The predicted molar refractivity (Wildman–Crippen MR) is 96.9 cm³/mol. The van der Waals surface area contributed by atoms with Crippen LogP contribution in [0.4, 0.5) is 0 Å². The van der Waals surface area contributed by atoms with Crippen LogP contribution in [0.3, 0.4) is 0 Å². The van der Waals surface area contributed by atoms with Gasteiger partial charge in [0.1, 0.15) is 5.75 Å². The lowest BCUT2D eigenvalue weighted by atomic mass is 10.1. The van der Waals surface area contributed by atoms with Crippen molar-refractivity contribution in [3.8, 4) is 11.4 Å². The van der Waals surface area contributed by atoms with Crippen LogP contribution >= 0.6 is 0 Å². The Bertz CT molecular complexity index is 807. The van der Waals surface area contributed by atoms with Gasteiger partial charge in [0, 0.05) is 24.5 Å². The van der Waals surface area contributed by atoms with E-state index in [9.17, 15) is 4.79 Å². The zero-order chi connectivity index (χ0) is 17.6. The summed E-state index contributed by atoms with van der Waals surface area (Å²) < 4.78 is 7.36. The van der Waals surface area contributed by atoms with Crippen molar-refractivity contribution in [2.45, 2.75) is 26.5 Å². The topological polar surface area (TPSA) is 56.1 Å². The Morgan fingerprint density at radius 2 is 1.84 bits per heavy atom. The second-order valence-electron chi connectivity index (χ2n) is 5.99. The van der Waals surface area contributed by atoms with Gasteiger partial charge in [-0.3, -0.25) is 4.79 Å². The van der Waals surface area contributed by atoms with Gasteiger partial charge in [-0.15, -0.1) is 0 Å². The number of benzene rings is 2. The number of nitrogens with one attached hydrogen (secondary N) is 1. The Kier molecular flexibility index (Phi) is 5.14. The minimum absolute atomic E-state index is 0.102. The molecule has 0 saturated carbocycles. The molecule has 1 amide bonds. The molecule has 1 heterocycles. The molecule has 0 saturated heterocycles. The molecule has 0 fully saturated rings. The molecule has 0 atom stereocenters. The van der Waals surface area contributed by atoms with E-state index < -0.39 is 0 Å². The molecule has 1 aromatic heterocycles. The van der Waals surface area contributed by atoms with Gasteiger partial charge in [-0.2, -0.15) is 5.10 Å². The summed E-state index contributed by atoms with van der Waals surface area (Å²) in [6, 6.07) is 17.0. The molecule has 128 valence electrons. The van der Waals surface area contributed by atoms with Gasteiger partial charge in [-0.05, 0) is 61.9 Å². The molecule has 1 N–H and O–H groups in total. The van der Waals surface area contributed by atoms with E-state index in [2.05, 4.69) is 10.4 Å². The quantitative estimate of drug-likeness (QED) is 0.749. The zero-order valence-corrected chi connectivity index (χ0v) is 14.3. The number of hydrogen-bond donors (Lipinski definition) is 1. The Balaban J connectivity index is 1.57. The molecule has 0 aliphatic carbocycles. The van der Waals surface area contributed by atoms with Gasteiger partial charge in [0.05, 0.1) is 11.8 Å². The average Bonchev–Trinajstić information content (AvgIpc) is 3.15. The second-order valence-corrected chi connectivity index (χ2v) is 5.99. The fraction of sp³-hybridized carbons (Fsp3) is 0.200. The van der Waals surface area contributed by atoms with Crippen LogP contribution in [0.5, 0.6) is 5.75 Å². The number of amides is 1. The lowest BCUT2D eigenvalue weighted by Gasteiger charge is -2.10. The number of carbonyl (C=O) groups is 1. The van der Waals surface area contributed by atoms with Gasteiger partial charge in [0.25, 0.3) is 5.91 Å². The molecule has 3 rings (SSSR count). The van der Waals surface area contributed by atoms with E-state index in [1.807, 2.05) is 62.5 Å². The van der Waals surface area contributed by atoms with E-state index in [1.165, 1.54) is 0 Å². The minimum Gasteiger partial charge on any atom is -0.491 e. The summed E-state index contributed by atoms with van der Waals surface area (Å²) in [6.45, 7) is 4.46. The van der Waals surface area contributed by atoms with Gasteiger partial charge in [0.15, 0.2) is 0 Å². The van der Waals surface area contributed by atoms with Gasteiger partial charge in [-0.1, -0.05) is 12.1 Å². The van der Waals surface area contributed by atoms with Gasteiger partial charge in [-0.25, -0.2) is 4.68 Å². The smallest absolute Gasteiger partial charge is 0.251 e. The van der Waals surface area contributed by atoms with Crippen molar-refractivity contribution in [1.29, 1.82) is 0 Å². The van der Waals surface area contributed by atoms with E-state index in [0.717, 1.165) is 17.0 Å². The third-order valence-electron chi connectivity index (χ3n) is 3.65. The summed E-state index contributed by atoms with van der Waals surface area (Å²) >= 11 is 0. The molecular formula is C20H21N3O2. The van der Waals surface area contributed by atoms with Crippen LogP contribution in [0.25, 0.3) is 5.69 Å². The first kappa shape index (κ1) is 16.8. The van der Waals surface area contributed by atoms with E-state index in [0.29, 0.717) is 12.1 Å². The van der Waals surface area contributed by atoms with E-state index >= 15 is 0 Å². The normalized spacial score (nSPS) is 10.7. The predicted octanol–water partition coefficient (Wildman–Crippen LogP) is 3.59. The number of carbonyl (C=O) groups excluding carboxylic acids is 1. The van der Waals surface area contributed by atoms with Crippen molar-refractivity contribution in [3.05, 3.63) is 78.1 Å². The summed E-state index contributed by atoms with van der Waals surface area (Å²) in [6.07, 6.45) is 3.73. The number of ether oxygens (including phenoxy) is 1. The monoisotopic (exact) mass is 335 g/mol. The molecule has 0 bridgehead atoms. The highest BCUT2D eigenvalue weighted by Gasteiger charge is 2.06. The Labute approximate surface area is 147 Å². The van der Waals surface area contributed by atoms with Crippen LogP contribution in [0.15, 0.2) is 67.0 Å². The molecule has 0 radical (unpaired) electrons. The fourth-order valence-corrected chi connectivity index (χ4v) is 2.43. The van der Waals surface area contributed by atoms with Crippen molar-refractivity contribution >= 4 is 5.91 Å². The highest BCUT2D eigenvalue weighted by atomic mass is 16.5. The maximum Gasteiger partial charge on any atom is 0.251 e. The lowest BCUT2D eigenvalue weighted by molar-refractivity contribution is 0.0951. The standard InChI is InChI=1S/C20H21N3O2/c1-15(2)25-19-10-4-16(5-11-19)14-21-20(24)17-6-8-18(9-7-17)23-13-3-12-22-23/h3-13,15H,14H2,1-2H3,(H,21,24). The SMILES string of the molecule is CC(C)Oc1ccc(CNC(=O)c2ccc(-n3cccn3)cc2)cc1. The average molecular weight is 335 g/mol. The Morgan fingerprint density at radius 3 is 2.44 bits per heavy atom. The van der Waals surface area contributed by atoms with E-state index in [1.54, 1.807) is 23.0 Å². The van der Waals surface area contributed by atoms with Crippen LogP contribution < -0.4 is 10.1 Å². The van der Waals surface area contributed by atoms with Gasteiger partial charge >= 0.3 is 0 Å². The van der Waals surface area contributed by atoms with Crippen LogP contribution in [0.2, 0.25) is 0 Å². The summed E-state index contributed by atoms with van der Waals surface area (Å²) in [5, 5.41) is 7.10. The molecule has 0 unspecified atom stereocenters. The number of hydrogen-bond acceptors (Lipinski definition) is 3. The minimum atomic E-state index is -0.102. The van der Waals surface area contributed by atoms with Crippen LogP contribution in [0, 0.1) is 0 Å². The molecule has 25 heavy (non-hydrogen) atoms. The number of rotatable bonds is 6. The summed E-state index contributed by atoms with van der Waals surface area (Å²) in [5.41, 5.74) is 2.57. The third kappa shape index (κ3) is 4.47. The van der Waals surface area contributed by atoms with E-state index in [4.69, 9.17) is 4.74 Å². The molecular weight excluding hydrogens is 314 g/mol. The first-order valence-electron chi connectivity index (χ1n) is 8.26.